The molecule has 0 radical (unpaired) electrons. The molecule has 59 heavy (non-hydrogen) atoms. The van der Waals surface area contributed by atoms with Crippen molar-refractivity contribution < 1.29 is 128 Å². The van der Waals surface area contributed by atoms with Crippen LogP contribution in [0.25, 0.3) is 0 Å². The molecule has 0 aromatic carbocycles. The quantitative estimate of drug-likeness (QED) is 0.0770. The molecule has 5 heterocycles. The Bertz CT molecular complexity index is 1390. The average Bonchev–Trinajstić information content (AvgIpc) is 3.20. The zero-order chi connectivity index (χ0) is 43.8. The molecule has 5 rings (SSSR count). The van der Waals surface area contributed by atoms with E-state index in [9.17, 15) is 81.1 Å². The first-order valence-corrected chi connectivity index (χ1v) is 18.1. The Morgan fingerprint density at radius 1 is 0.475 bits per heavy atom. The van der Waals surface area contributed by atoms with Gasteiger partial charge in [-0.1, -0.05) is 0 Å². The van der Waals surface area contributed by atoms with Crippen LogP contribution in [0.1, 0.15) is 0 Å². The smallest absolute Gasteiger partial charge is 0.335 e. The molecule has 5 aliphatic rings. The van der Waals surface area contributed by atoms with E-state index >= 15 is 0 Å². The molecule has 5 fully saturated rings. The number of rotatable bonds is 14. The van der Waals surface area contributed by atoms with Gasteiger partial charge in [0.25, 0.3) is 0 Å². The highest BCUT2D eigenvalue weighted by molar-refractivity contribution is 5.74. The van der Waals surface area contributed by atoms with Crippen molar-refractivity contribution in [3.05, 3.63) is 0 Å². The summed E-state index contributed by atoms with van der Waals surface area (Å²) in [5.74, 6) is -3.51. The van der Waals surface area contributed by atoms with Gasteiger partial charge in [-0.25, -0.2) is 9.59 Å². The van der Waals surface area contributed by atoms with Crippen LogP contribution in [0.4, 0.5) is 0 Å². The molecule has 5 aliphatic heterocycles. The van der Waals surface area contributed by atoms with Crippen molar-refractivity contribution in [1.82, 2.24) is 0 Å². The number of ether oxygens (including phenoxy) is 10. The summed E-state index contributed by atoms with van der Waals surface area (Å²) in [5.41, 5.74) is 12.1. The van der Waals surface area contributed by atoms with Gasteiger partial charge in [-0.3, -0.25) is 0 Å². The number of carboxylic acids is 2. The fourth-order valence-corrected chi connectivity index (χ4v) is 7.03. The van der Waals surface area contributed by atoms with Crippen LogP contribution in [0.3, 0.4) is 0 Å². The van der Waals surface area contributed by atoms with E-state index in [2.05, 4.69) is 0 Å². The lowest BCUT2D eigenvalue weighted by Crippen LogP contribution is -2.68. The van der Waals surface area contributed by atoms with E-state index in [0.29, 0.717) is 0 Å². The van der Waals surface area contributed by atoms with E-state index in [1.165, 1.54) is 0 Å². The summed E-state index contributed by atoms with van der Waals surface area (Å²) in [6.07, 6.45) is -42.5. The standard InChI is InChI=1S/C31H52N2O26/c1-50-29-18(43)16(41)11(36)6(54-29)3-51-27-9(33)14(39)22(24(59-27)26(48)49)57-31-20(45)17(42)12(37)7(55-31)4-52-28-8(32)13(38)21(23(58-28)25(46)47)56-30-19(44)15(40)10(35)5(2-34)53-30/h5-24,27-31,34-45H,2-4,32-33H2,1H3,(H,46,47)(H,48,49)/t5-,6-,7-,8+,9+,10-,11-,12-,13-,14-,15+,16+,17+,18-,19-,20-,21+,22+,23+,24+,27-,28-,29+,30-,31-/m1/s1. The van der Waals surface area contributed by atoms with Crippen molar-refractivity contribution in [2.75, 3.05) is 26.9 Å². The molecular weight excluding hydrogens is 816 g/mol. The van der Waals surface area contributed by atoms with Crippen molar-refractivity contribution in [1.29, 1.82) is 0 Å². The average molecular weight is 869 g/mol. The van der Waals surface area contributed by atoms with Gasteiger partial charge in [0.2, 0.25) is 0 Å². The van der Waals surface area contributed by atoms with Gasteiger partial charge >= 0.3 is 11.9 Å². The molecule has 0 aliphatic carbocycles. The summed E-state index contributed by atoms with van der Waals surface area (Å²) in [6, 6.07) is -3.29. The number of aliphatic hydroxyl groups is 12. The molecule has 18 N–H and O–H groups in total. The van der Waals surface area contributed by atoms with Crippen molar-refractivity contribution in [3.63, 3.8) is 0 Å². The number of hydrogen-bond donors (Lipinski definition) is 16. The van der Waals surface area contributed by atoms with Crippen LogP contribution in [-0.4, -0.2) is 264 Å². The van der Waals surface area contributed by atoms with E-state index in [1.54, 1.807) is 0 Å². The van der Waals surface area contributed by atoms with E-state index in [4.69, 9.17) is 58.8 Å². The Kier molecular flexibility index (Phi) is 16.3. The van der Waals surface area contributed by atoms with Crippen LogP contribution in [0.5, 0.6) is 0 Å². The zero-order valence-electron chi connectivity index (χ0n) is 30.9. The predicted octanol–water partition coefficient (Wildman–Crippen LogP) is -11.2. The van der Waals surface area contributed by atoms with Gasteiger partial charge in [0.05, 0.1) is 31.9 Å². The predicted molar refractivity (Wildman–Crippen MR) is 176 cm³/mol. The maximum atomic E-state index is 12.3. The molecule has 28 nitrogen and oxygen atoms in total. The monoisotopic (exact) mass is 868 g/mol. The molecule has 5 saturated heterocycles. The molecule has 0 amide bonds. The van der Waals surface area contributed by atoms with Crippen molar-refractivity contribution >= 4 is 11.9 Å². The SMILES string of the molecule is CO[C@H]1O[C@H](CO[C@@H]2O[C@H](C(=O)O)[C@@H](O[C@H]3O[C@H](CO[C@@H]4O[C@H](C(=O)O)[C@@H](O[C@H]5O[C@H](CO)[C@@H](O)[C@H](O)[C@H]5O)[C@H](O)[C@@H]4N)[C@@H](O)[C@H](O)[C@H]3O)[C@H](O)[C@@H]2N)[C@@H](O)[C@H](O)[C@H]1O. The Hall–Kier alpha value is -2.02. The molecule has 342 valence electrons. The number of carboxylic acid groups (broad SMARTS) is 2. The van der Waals surface area contributed by atoms with Gasteiger partial charge in [-0.05, 0) is 0 Å². The van der Waals surface area contributed by atoms with Gasteiger partial charge in [0.1, 0.15) is 97.7 Å². The maximum absolute atomic E-state index is 12.3. The van der Waals surface area contributed by atoms with Crippen molar-refractivity contribution in [2.45, 2.75) is 153 Å². The number of methoxy groups -OCH3 is 1. The number of nitrogens with two attached hydrogens (primary N) is 2. The molecule has 0 aromatic heterocycles. The number of aliphatic carboxylic acids is 2. The maximum Gasteiger partial charge on any atom is 0.335 e. The van der Waals surface area contributed by atoms with Crippen LogP contribution < -0.4 is 11.5 Å². The van der Waals surface area contributed by atoms with E-state index in [0.717, 1.165) is 7.11 Å². The minimum Gasteiger partial charge on any atom is -0.479 e. The highest BCUT2D eigenvalue weighted by Crippen LogP contribution is 2.33. The lowest BCUT2D eigenvalue weighted by atomic mass is 9.95. The first kappa shape index (κ1) is 48.0. The molecule has 0 spiro atoms. The Balaban J connectivity index is 1.22. The highest BCUT2D eigenvalue weighted by Gasteiger charge is 2.55. The molecule has 0 aromatic rings. The second-order valence-electron chi connectivity index (χ2n) is 14.5. The zero-order valence-corrected chi connectivity index (χ0v) is 30.9. The minimum atomic E-state index is -2.12. The first-order valence-electron chi connectivity index (χ1n) is 18.1. The molecular formula is C31H52N2O26. The lowest BCUT2D eigenvalue weighted by Gasteiger charge is -2.47. The number of hydrogen-bond acceptors (Lipinski definition) is 26. The van der Waals surface area contributed by atoms with Crippen LogP contribution in [0.15, 0.2) is 0 Å². The highest BCUT2D eigenvalue weighted by atomic mass is 16.8. The van der Waals surface area contributed by atoms with E-state index in [-0.39, 0.29) is 0 Å². The fraction of sp³-hybridized carbons (Fsp3) is 0.935. The molecule has 0 bridgehead atoms. The molecule has 25 atom stereocenters. The lowest BCUT2D eigenvalue weighted by molar-refractivity contribution is -0.357. The summed E-state index contributed by atoms with van der Waals surface area (Å²) in [7, 11) is 1.15. The Morgan fingerprint density at radius 2 is 0.814 bits per heavy atom. The number of aliphatic hydroxyl groups excluding tert-OH is 12. The van der Waals surface area contributed by atoms with E-state index < -0.39 is 185 Å². The normalized spacial score (nSPS) is 50.9. The molecule has 28 heteroatoms. The first-order chi connectivity index (χ1) is 27.7. The third-order valence-corrected chi connectivity index (χ3v) is 10.6. The van der Waals surface area contributed by atoms with Gasteiger partial charge < -0.3 is 130 Å². The van der Waals surface area contributed by atoms with Crippen molar-refractivity contribution in [2.24, 2.45) is 11.5 Å². The summed E-state index contributed by atoms with van der Waals surface area (Å²) in [5, 5.41) is 144. The van der Waals surface area contributed by atoms with Crippen LogP contribution in [-0.2, 0) is 57.0 Å². The van der Waals surface area contributed by atoms with E-state index in [1.807, 2.05) is 0 Å². The largest absolute Gasteiger partial charge is 0.479 e. The number of carbonyl (C=O) groups is 2. The van der Waals surface area contributed by atoms with Crippen LogP contribution in [0.2, 0.25) is 0 Å². The van der Waals surface area contributed by atoms with Crippen LogP contribution >= 0.6 is 0 Å². The van der Waals surface area contributed by atoms with Crippen LogP contribution in [0, 0.1) is 0 Å². The summed E-state index contributed by atoms with van der Waals surface area (Å²) in [6.45, 7) is -2.34. The Morgan fingerprint density at radius 3 is 1.17 bits per heavy atom. The topological polar surface area (TPSA) is 462 Å². The third-order valence-electron chi connectivity index (χ3n) is 10.6. The second-order valence-corrected chi connectivity index (χ2v) is 14.5. The van der Waals surface area contributed by atoms with Gasteiger partial charge in [0, 0.05) is 7.11 Å². The second kappa shape index (κ2) is 20.0. The third kappa shape index (κ3) is 9.96. The molecule has 0 saturated carbocycles. The fourth-order valence-electron chi connectivity index (χ4n) is 7.03. The van der Waals surface area contributed by atoms with Gasteiger partial charge in [-0.2, -0.15) is 0 Å². The molecule has 0 unspecified atom stereocenters. The Labute approximate surface area is 332 Å². The van der Waals surface area contributed by atoms with Gasteiger partial charge in [-0.15, -0.1) is 0 Å². The van der Waals surface area contributed by atoms with Crippen molar-refractivity contribution in [3.8, 4) is 0 Å². The summed E-state index contributed by atoms with van der Waals surface area (Å²) >= 11 is 0. The summed E-state index contributed by atoms with van der Waals surface area (Å²) < 4.78 is 53.8. The minimum absolute atomic E-state index is 0.630. The van der Waals surface area contributed by atoms with Gasteiger partial charge in [0.15, 0.2) is 43.7 Å². The summed E-state index contributed by atoms with van der Waals surface area (Å²) in [4.78, 5) is 24.5.